The van der Waals surface area contributed by atoms with E-state index >= 15 is 0 Å². The van der Waals surface area contributed by atoms with Crippen LogP contribution in [0.3, 0.4) is 0 Å². The third-order valence-electron chi connectivity index (χ3n) is 9.78. The Morgan fingerprint density at radius 2 is 1.52 bits per heavy atom. The number of hydrogen-bond donors (Lipinski definition) is 0. The van der Waals surface area contributed by atoms with Gasteiger partial charge in [-0.2, -0.15) is 18.2 Å². The van der Waals surface area contributed by atoms with Crippen LogP contribution in [0.2, 0.25) is 0 Å². The zero-order valence-corrected chi connectivity index (χ0v) is 29.3. The quantitative estimate of drug-likeness (QED) is 0.146. The largest absolute Gasteiger partial charge is 0.416 e. The third kappa shape index (κ3) is 8.22. The fourth-order valence-electron chi connectivity index (χ4n) is 6.83. The molecule has 1 aliphatic heterocycles. The topological polar surface area (TPSA) is 71.3 Å². The number of nitrogens with zero attached hydrogens (tertiary/aromatic N) is 5. The number of halogens is 5. The highest BCUT2D eigenvalue weighted by atomic mass is 19.4. The highest BCUT2D eigenvalue weighted by molar-refractivity contribution is 5.80. The van der Waals surface area contributed by atoms with E-state index < -0.39 is 28.9 Å². The summed E-state index contributed by atoms with van der Waals surface area (Å²) in [7, 11) is 0. The highest BCUT2D eigenvalue weighted by Gasteiger charge is 2.33. The number of carbonyl (C=O) groups is 1. The summed E-state index contributed by atoms with van der Waals surface area (Å²) in [5, 5.41) is 0.236. The minimum Gasteiger partial charge on any atom is -0.334 e. The fraction of sp³-hybridized carbons (Fsp3) is 0.350. The smallest absolute Gasteiger partial charge is 0.334 e. The summed E-state index contributed by atoms with van der Waals surface area (Å²) in [6, 6.07) is 19.4. The summed E-state index contributed by atoms with van der Waals surface area (Å²) in [4.78, 5) is 40.5. The van der Waals surface area contributed by atoms with E-state index in [1.807, 2.05) is 29.2 Å². The summed E-state index contributed by atoms with van der Waals surface area (Å²) in [5.74, 6) is -1.93. The van der Waals surface area contributed by atoms with Crippen LogP contribution in [0.15, 0.2) is 89.9 Å². The molecule has 0 bridgehead atoms. The van der Waals surface area contributed by atoms with Gasteiger partial charge in [-0.3, -0.25) is 14.5 Å². The predicted molar refractivity (Wildman–Crippen MR) is 189 cm³/mol. The van der Waals surface area contributed by atoms with Crippen molar-refractivity contribution in [1.29, 1.82) is 0 Å². The van der Waals surface area contributed by atoms with Gasteiger partial charge in [0.2, 0.25) is 5.91 Å². The van der Waals surface area contributed by atoms with E-state index in [0.29, 0.717) is 5.56 Å². The van der Waals surface area contributed by atoms with E-state index in [4.69, 9.17) is 0 Å². The second kappa shape index (κ2) is 14.9. The molecule has 1 saturated heterocycles. The van der Waals surface area contributed by atoms with Gasteiger partial charge in [0.15, 0.2) is 11.6 Å². The molecule has 6 rings (SSSR count). The molecular formula is C40H40F5N5O2. The van der Waals surface area contributed by atoms with Crippen LogP contribution in [0.1, 0.15) is 56.1 Å². The van der Waals surface area contributed by atoms with Crippen LogP contribution in [-0.4, -0.2) is 54.9 Å². The maximum Gasteiger partial charge on any atom is 0.416 e. The standard InChI is InChI=1S/C40H40F5N5O2/c1-39(2,3)48-22-19-31(20-23-48)49(24-26-9-11-27(12-10-26)28-13-16-30(17-14-28)40(43,44)45)35(51)25-50-34(18-15-29-6-4-8-33(41)36(29)42)47-38(52)32-7-5-21-46-37(32)50/h4-14,16-17,21,31H,15,18-20,22-25H2,1-3H3. The molecule has 272 valence electrons. The zero-order chi connectivity index (χ0) is 37.2. The number of aryl methyl sites for hydroxylation is 2. The van der Waals surface area contributed by atoms with Gasteiger partial charge in [-0.25, -0.2) is 13.8 Å². The van der Waals surface area contributed by atoms with Gasteiger partial charge in [0.25, 0.3) is 5.56 Å². The first-order valence-corrected chi connectivity index (χ1v) is 17.3. The Kier molecular flexibility index (Phi) is 10.6. The van der Waals surface area contributed by atoms with Crippen molar-refractivity contribution < 1.29 is 26.7 Å². The average Bonchev–Trinajstić information content (AvgIpc) is 3.12. The molecule has 0 atom stereocenters. The van der Waals surface area contributed by atoms with Crippen molar-refractivity contribution in [1.82, 2.24) is 24.3 Å². The maximum atomic E-state index is 14.6. The number of piperidine rings is 1. The molecule has 52 heavy (non-hydrogen) atoms. The summed E-state index contributed by atoms with van der Waals surface area (Å²) < 4.78 is 69.4. The normalized spacial score (nSPS) is 14.5. The molecule has 3 heterocycles. The van der Waals surface area contributed by atoms with Crippen LogP contribution in [0.5, 0.6) is 0 Å². The number of carbonyl (C=O) groups excluding carboxylic acids is 1. The number of rotatable bonds is 9. The van der Waals surface area contributed by atoms with Crippen LogP contribution >= 0.6 is 0 Å². The highest BCUT2D eigenvalue weighted by Crippen LogP contribution is 2.31. The first kappa shape index (κ1) is 36.8. The summed E-state index contributed by atoms with van der Waals surface area (Å²) in [6.45, 7) is 8.14. The van der Waals surface area contributed by atoms with Crippen LogP contribution in [-0.2, 0) is 36.9 Å². The number of alkyl halides is 3. The second-order valence-electron chi connectivity index (χ2n) is 14.2. The van der Waals surface area contributed by atoms with Crippen molar-refractivity contribution in [3.8, 4) is 11.1 Å². The van der Waals surface area contributed by atoms with Crippen LogP contribution in [0, 0.1) is 11.6 Å². The van der Waals surface area contributed by atoms with Crippen molar-refractivity contribution in [3.63, 3.8) is 0 Å². The lowest BCUT2D eigenvalue weighted by molar-refractivity contribution is -0.138. The molecule has 0 N–H and O–H groups in total. The minimum absolute atomic E-state index is 0.0316. The Bertz CT molecular complexity index is 2100. The van der Waals surface area contributed by atoms with Crippen LogP contribution < -0.4 is 5.56 Å². The Labute approximate surface area is 298 Å². The predicted octanol–water partition coefficient (Wildman–Crippen LogP) is 7.83. The van der Waals surface area contributed by atoms with Crippen LogP contribution in [0.4, 0.5) is 22.0 Å². The van der Waals surface area contributed by atoms with Crippen molar-refractivity contribution >= 4 is 16.9 Å². The number of pyridine rings is 1. The molecule has 1 fully saturated rings. The number of benzene rings is 3. The lowest BCUT2D eigenvalue weighted by Gasteiger charge is -2.44. The van der Waals surface area contributed by atoms with E-state index in [1.54, 1.807) is 16.7 Å². The third-order valence-corrected chi connectivity index (χ3v) is 9.78. The molecule has 0 aliphatic carbocycles. The Morgan fingerprint density at radius 3 is 2.15 bits per heavy atom. The number of fused-ring (bicyclic) bond motifs is 1. The van der Waals surface area contributed by atoms with E-state index in [2.05, 4.69) is 35.6 Å². The Balaban J connectivity index is 1.30. The van der Waals surface area contributed by atoms with Crippen molar-refractivity contribution in [2.75, 3.05) is 13.1 Å². The number of likely N-dealkylation sites (tertiary alicyclic amines) is 1. The molecule has 7 nitrogen and oxygen atoms in total. The van der Waals surface area contributed by atoms with Gasteiger partial charge in [0.1, 0.15) is 18.0 Å². The molecule has 0 unspecified atom stereocenters. The van der Waals surface area contributed by atoms with E-state index in [9.17, 15) is 31.5 Å². The molecule has 0 spiro atoms. The van der Waals surface area contributed by atoms with E-state index in [1.165, 1.54) is 30.5 Å². The Hall–Kier alpha value is -4.97. The Morgan fingerprint density at radius 1 is 0.865 bits per heavy atom. The van der Waals surface area contributed by atoms with Gasteiger partial charge in [0, 0.05) is 43.8 Å². The molecule has 12 heteroatoms. The molecule has 1 aliphatic rings. The zero-order valence-electron chi connectivity index (χ0n) is 29.3. The van der Waals surface area contributed by atoms with E-state index in [-0.39, 0.29) is 65.8 Å². The maximum absolute atomic E-state index is 14.6. The van der Waals surface area contributed by atoms with Gasteiger partial charge in [-0.05, 0) is 92.6 Å². The van der Waals surface area contributed by atoms with Gasteiger partial charge >= 0.3 is 6.18 Å². The number of amides is 1. The molecule has 0 radical (unpaired) electrons. The van der Waals surface area contributed by atoms with Gasteiger partial charge in [-0.1, -0.05) is 48.5 Å². The number of hydrogen-bond acceptors (Lipinski definition) is 5. The fourth-order valence-corrected chi connectivity index (χ4v) is 6.83. The first-order chi connectivity index (χ1) is 24.7. The lowest BCUT2D eigenvalue weighted by atomic mass is 9.96. The summed E-state index contributed by atoms with van der Waals surface area (Å²) >= 11 is 0. The van der Waals surface area contributed by atoms with Crippen LogP contribution in [0.25, 0.3) is 22.2 Å². The molecule has 2 aromatic heterocycles. The molecule has 5 aromatic rings. The van der Waals surface area contributed by atoms with Crippen molar-refractivity contribution in [3.05, 3.63) is 130 Å². The summed E-state index contributed by atoms with van der Waals surface area (Å²) in [5.41, 5.74) is 1.34. The molecule has 1 amide bonds. The van der Waals surface area contributed by atoms with Gasteiger partial charge < -0.3 is 9.47 Å². The van der Waals surface area contributed by atoms with Gasteiger partial charge in [0.05, 0.1) is 10.9 Å². The molecule has 0 saturated carbocycles. The van der Waals surface area contributed by atoms with Crippen molar-refractivity contribution in [2.24, 2.45) is 0 Å². The SMILES string of the molecule is CC(C)(C)N1CCC(N(Cc2ccc(-c3ccc(C(F)(F)F)cc3)cc2)C(=O)Cn2c(CCc3cccc(F)c3F)nc(=O)c3cccnc32)CC1. The van der Waals surface area contributed by atoms with E-state index in [0.717, 1.165) is 55.3 Å². The minimum atomic E-state index is -4.42. The molecule has 3 aromatic carbocycles. The second-order valence-corrected chi connectivity index (χ2v) is 14.2. The van der Waals surface area contributed by atoms with Gasteiger partial charge in [-0.15, -0.1) is 0 Å². The van der Waals surface area contributed by atoms with Crippen molar-refractivity contribution in [2.45, 2.75) is 77.3 Å². The average molecular weight is 718 g/mol. The lowest BCUT2D eigenvalue weighted by Crippen LogP contribution is -2.52. The number of aromatic nitrogens is 3. The monoisotopic (exact) mass is 717 g/mol. The summed E-state index contributed by atoms with van der Waals surface area (Å²) in [6.07, 6.45) is -1.32. The molecular weight excluding hydrogens is 677 g/mol. The first-order valence-electron chi connectivity index (χ1n) is 17.3.